The first-order valence-corrected chi connectivity index (χ1v) is 8.79. The van der Waals surface area contributed by atoms with Crippen LogP contribution in [0.2, 0.25) is 0 Å². The summed E-state index contributed by atoms with van der Waals surface area (Å²) in [5.41, 5.74) is 0. The Kier molecular flexibility index (Phi) is 47.7. The van der Waals surface area contributed by atoms with E-state index >= 15 is 0 Å². The molecule has 0 spiro atoms. The van der Waals surface area contributed by atoms with Crippen molar-refractivity contribution in [2.75, 3.05) is 0 Å². The van der Waals surface area contributed by atoms with Gasteiger partial charge in [-0.15, -0.1) is 0 Å². The molecule has 0 atom stereocenters. The van der Waals surface area contributed by atoms with Crippen molar-refractivity contribution in [3.63, 3.8) is 0 Å². The molecule has 0 bridgehead atoms. The predicted molar refractivity (Wildman–Crippen MR) is 71.7 cm³/mol. The second-order valence-corrected chi connectivity index (χ2v) is 2.99. The maximum absolute atomic E-state index is 9.37. The van der Waals surface area contributed by atoms with Gasteiger partial charge in [0, 0.05) is 25.7 Å². The van der Waals surface area contributed by atoms with Crippen LogP contribution in [-0.2, 0) is 46.4 Å². The predicted octanol–water partition coefficient (Wildman–Crippen LogP) is 1.92. The Morgan fingerprint density at radius 2 is 0.591 bits per heavy atom. The van der Waals surface area contributed by atoms with E-state index in [1.54, 1.807) is 27.7 Å². The van der Waals surface area contributed by atoms with Gasteiger partial charge < -0.3 is 20.4 Å². The van der Waals surface area contributed by atoms with Gasteiger partial charge >= 0.3 is 51.1 Å². The van der Waals surface area contributed by atoms with Crippen molar-refractivity contribution in [3.05, 3.63) is 0 Å². The standard InChI is InChI=1S/4C3H6O2.2Cr/c4*1-2-3(4)5;;/h4*2H2,1H3,(H,4,5);;. The fourth-order valence-electron chi connectivity index (χ4n) is 0. The zero-order valence-corrected chi connectivity index (χ0v) is 15.6. The van der Waals surface area contributed by atoms with Crippen LogP contribution in [-0.4, -0.2) is 44.3 Å². The normalized spacial score (nSPS) is 6.82. The summed E-state index contributed by atoms with van der Waals surface area (Å²) in [5, 5.41) is 30.9. The number of carboxylic acids is 4. The van der Waals surface area contributed by atoms with E-state index in [9.17, 15) is 19.2 Å². The summed E-state index contributed by atoms with van der Waals surface area (Å²) in [6.45, 7) is 6.40. The zero-order chi connectivity index (χ0) is 19.1. The minimum absolute atomic E-state index is 0.222. The van der Waals surface area contributed by atoms with Gasteiger partial charge in [-0.3, -0.25) is 19.2 Å². The third-order valence-electron chi connectivity index (χ3n) is 1.21. The van der Waals surface area contributed by atoms with Gasteiger partial charge in [-0.05, 0) is 0 Å². The number of carboxylic acid groups (broad SMARTS) is 4. The molecule has 0 saturated heterocycles. The van der Waals surface area contributed by atoms with Gasteiger partial charge in [-0.25, -0.2) is 0 Å². The van der Waals surface area contributed by atoms with Crippen LogP contribution < -0.4 is 0 Å². The second kappa shape index (κ2) is 32.1. The average Bonchev–Trinajstić information content (AvgIpc) is 2.50. The van der Waals surface area contributed by atoms with Gasteiger partial charge in [0.1, 0.15) is 0 Å². The fourth-order valence-corrected chi connectivity index (χ4v) is 0. The van der Waals surface area contributed by atoms with E-state index in [0.29, 0.717) is 0 Å². The van der Waals surface area contributed by atoms with Crippen molar-refractivity contribution in [1.82, 2.24) is 0 Å². The molecule has 0 aromatic carbocycles. The van der Waals surface area contributed by atoms with Crippen LogP contribution in [0.3, 0.4) is 0 Å². The summed E-state index contributed by atoms with van der Waals surface area (Å²) in [6, 6.07) is 0. The first-order chi connectivity index (χ1) is 10.1. The fraction of sp³-hybridized carbons (Fsp3) is 0.667. The molecule has 0 fully saturated rings. The van der Waals surface area contributed by atoms with Crippen LogP contribution in [0, 0.1) is 0 Å². The third-order valence-corrected chi connectivity index (χ3v) is 1.21. The van der Waals surface area contributed by atoms with Crippen molar-refractivity contribution in [2.45, 2.75) is 53.4 Å². The Bertz CT molecular complexity index is 259. The topological polar surface area (TPSA) is 149 Å². The van der Waals surface area contributed by atoms with Crippen LogP contribution in [0.25, 0.3) is 0 Å². The van der Waals surface area contributed by atoms with Crippen LogP contribution in [0.1, 0.15) is 53.4 Å². The Morgan fingerprint density at radius 1 is 0.545 bits per heavy atom. The molecular weight excluding hydrogens is 376 g/mol. The SMILES string of the molecule is CCC(=O)O.CCC(=O)O.CCC(=O)O.CCC(=O)O.[Cr]#[Cr]. The molecule has 22 heavy (non-hydrogen) atoms. The van der Waals surface area contributed by atoms with Crippen molar-refractivity contribution in [2.24, 2.45) is 0 Å². The first kappa shape index (κ1) is 32.8. The van der Waals surface area contributed by atoms with E-state index in [4.69, 9.17) is 20.4 Å². The van der Waals surface area contributed by atoms with E-state index in [-0.39, 0.29) is 25.7 Å². The van der Waals surface area contributed by atoms with Crippen molar-refractivity contribution in [3.8, 4) is 0 Å². The molecule has 0 amide bonds. The molecule has 0 saturated carbocycles. The van der Waals surface area contributed by atoms with Crippen LogP contribution in [0.5, 0.6) is 0 Å². The Labute approximate surface area is 144 Å². The second-order valence-electron chi connectivity index (χ2n) is 2.99. The molecule has 132 valence electrons. The molecule has 0 aliphatic carbocycles. The van der Waals surface area contributed by atoms with Crippen LogP contribution >= 0.6 is 0 Å². The summed E-state index contributed by atoms with van der Waals surface area (Å²) >= 11 is 5.00. The number of rotatable bonds is 4. The van der Waals surface area contributed by atoms with Gasteiger partial charge in [-0.1, -0.05) is 27.7 Å². The summed E-state index contributed by atoms with van der Waals surface area (Å²) in [7, 11) is 0. The molecule has 0 unspecified atom stereocenters. The van der Waals surface area contributed by atoms with Gasteiger partial charge in [-0.2, -0.15) is 0 Å². The monoisotopic (exact) mass is 400 g/mol. The molecule has 8 nitrogen and oxygen atoms in total. The van der Waals surface area contributed by atoms with Gasteiger partial charge in [0.25, 0.3) is 0 Å². The number of aliphatic carboxylic acids is 4. The molecule has 0 aromatic rings. The Morgan fingerprint density at radius 3 is 0.591 bits per heavy atom. The van der Waals surface area contributed by atoms with Crippen molar-refractivity contribution < 1.29 is 66.8 Å². The number of carbonyl (C=O) groups is 4. The van der Waals surface area contributed by atoms with Gasteiger partial charge in [0.2, 0.25) is 0 Å². The van der Waals surface area contributed by atoms with E-state index in [1.165, 1.54) is 0 Å². The maximum atomic E-state index is 9.37. The first-order valence-electron chi connectivity index (χ1n) is 6.12. The third kappa shape index (κ3) is 126. The zero-order valence-electron chi connectivity index (χ0n) is 13.1. The molecule has 10 heteroatoms. The molecule has 0 aliphatic heterocycles. The van der Waals surface area contributed by atoms with E-state index in [1.807, 2.05) is 0 Å². The summed E-state index contributed by atoms with van der Waals surface area (Å²) in [4.78, 5) is 37.5. The minimum atomic E-state index is -0.745. The summed E-state index contributed by atoms with van der Waals surface area (Å²) < 4.78 is 0. The van der Waals surface area contributed by atoms with Crippen molar-refractivity contribution >= 4 is 23.9 Å². The van der Waals surface area contributed by atoms with E-state index < -0.39 is 23.9 Å². The molecular formula is C12H24Cr2O8. The van der Waals surface area contributed by atoms with Gasteiger partial charge in [0.05, 0.1) is 0 Å². The van der Waals surface area contributed by atoms with Crippen molar-refractivity contribution in [1.29, 1.82) is 0 Å². The van der Waals surface area contributed by atoms with Gasteiger partial charge in [0.15, 0.2) is 0 Å². The van der Waals surface area contributed by atoms with Crippen LogP contribution in [0.4, 0.5) is 0 Å². The Hall–Kier alpha value is -1.06. The summed E-state index contributed by atoms with van der Waals surface area (Å²) in [5.74, 6) is -2.98. The number of hydrogen-bond acceptors (Lipinski definition) is 4. The molecule has 0 radical (unpaired) electrons. The molecule has 0 aliphatic rings. The van der Waals surface area contributed by atoms with E-state index in [2.05, 4.69) is 27.2 Å². The van der Waals surface area contributed by atoms with E-state index in [0.717, 1.165) is 0 Å². The molecule has 0 heterocycles. The average molecular weight is 400 g/mol. The van der Waals surface area contributed by atoms with Crippen LogP contribution in [0.15, 0.2) is 0 Å². The Balaban J connectivity index is -0.0000000562. The molecule has 0 rings (SSSR count). The quantitative estimate of drug-likeness (QED) is 0.559. The molecule has 0 aromatic heterocycles. The number of hydrogen-bond donors (Lipinski definition) is 4. The summed E-state index contributed by atoms with van der Waals surface area (Å²) in [6.07, 6.45) is 0.889. The molecule has 4 N–H and O–H groups in total.